The molecule has 1 unspecified atom stereocenters. The molecule has 2 heteroatoms. The van der Waals surface area contributed by atoms with E-state index in [9.17, 15) is 0 Å². The van der Waals surface area contributed by atoms with Crippen molar-refractivity contribution in [1.29, 1.82) is 0 Å². The van der Waals surface area contributed by atoms with E-state index in [0.29, 0.717) is 0 Å². The van der Waals surface area contributed by atoms with Crippen molar-refractivity contribution >= 4 is 5.69 Å². The third-order valence-electron chi connectivity index (χ3n) is 2.28. The highest BCUT2D eigenvalue weighted by Gasteiger charge is 2.11. The van der Waals surface area contributed by atoms with Gasteiger partial charge in [-0.2, -0.15) is 0 Å². The maximum absolute atomic E-state index is 5.58. The van der Waals surface area contributed by atoms with Gasteiger partial charge in [-0.3, -0.25) is 0 Å². The van der Waals surface area contributed by atoms with Crippen molar-refractivity contribution in [3.8, 4) is 0 Å². The fourth-order valence-corrected chi connectivity index (χ4v) is 1.60. The summed E-state index contributed by atoms with van der Waals surface area (Å²) in [7, 11) is 0. The second-order valence-corrected chi connectivity index (χ2v) is 3.18. The fourth-order valence-electron chi connectivity index (χ4n) is 1.60. The van der Waals surface area contributed by atoms with Gasteiger partial charge in [-0.1, -0.05) is 18.2 Å². The minimum absolute atomic E-state index is 0.146. The summed E-state index contributed by atoms with van der Waals surface area (Å²) < 4.78 is 5.58. The van der Waals surface area contributed by atoms with Gasteiger partial charge in [0.15, 0.2) is 0 Å². The SMILES string of the molecule is CCOC(C)N(CC)c1ccccc1. The van der Waals surface area contributed by atoms with E-state index in [0.717, 1.165) is 13.2 Å². The lowest BCUT2D eigenvalue weighted by atomic mass is 10.3. The molecule has 0 aromatic heterocycles. The number of hydrogen-bond acceptors (Lipinski definition) is 2. The second kappa shape index (κ2) is 5.66. The molecule has 0 aliphatic carbocycles. The Hall–Kier alpha value is -1.02. The van der Waals surface area contributed by atoms with E-state index in [1.807, 2.05) is 13.0 Å². The molecule has 78 valence electrons. The van der Waals surface area contributed by atoms with E-state index in [2.05, 4.69) is 43.0 Å². The number of rotatable bonds is 5. The van der Waals surface area contributed by atoms with Crippen LogP contribution in [0.15, 0.2) is 30.3 Å². The molecule has 0 saturated carbocycles. The smallest absolute Gasteiger partial charge is 0.127 e. The van der Waals surface area contributed by atoms with Crippen LogP contribution in [0, 0.1) is 0 Å². The molecule has 0 aliphatic heterocycles. The van der Waals surface area contributed by atoms with Crippen LogP contribution in [0.3, 0.4) is 0 Å². The number of nitrogens with zero attached hydrogens (tertiary/aromatic N) is 1. The normalized spacial score (nSPS) is 12.5. The molecular formula is C12H19NO. The van der Waals surface area contributed by atoms with Gasteiger partial charge in [0, 0.05) is 18.8 Å². The predicted octanol–water partition coefficient (Wildman–Crippen LogP) is 2.90. The molecule has 0 amide bonds. The average molecular weight is 193 g/mol. The van der Waals surface area contributed by atoms with Crippen molar-refractivity contribution in [3.63, 3.8) is 0 Å². The highest BCUT2D eigenvalue weighted by molar-refractivity contribution is 5.46. The number of hydrogen-bond donors (Lipinski definition) is 0. The largest absolute Gasteiger partial charge is 0.359 e. The predicted molar refractivity (Wildman–Crippen MR) is 60.6 cm³/mol. The van der Waals surface area contributed by atoms with Crippen molar-refractivity contribution in [1.82, 2.24) is 0 Å². The molecule has 0 radical (unpaired) electrons. The highest BCUT2D eigenvalue weighted by atomic mass is 16.5. The summed E-state index contributed by atoms with van der Waals surface area (Å²) in [6.45, 7) is 7.97. The Morgan fingerprint density at radius 1 is 1.21 bits per heavy atom. The first-order valence-corrected chi connectivity index (χ1v) is 5.22. The zero-order chi connectivity index (χ0) is 10.4. The summed E-state index contributed by atoms with van der Waals surface area (Å²) in [6.07, 6.45) is 0.146. The van der Waals surface area contributed by atoms with Crippen molar-refractivity contribution < 1.29 is 4.74 Å². The molecule has 2 nitrogen and oxygen atoms in total. The van der Waals surface area contributed by atoms with Gasteiger partial charge in [-0.05, 0) is 32.9 Å². The minimum atomic E-state index is 0.146. The van der Waals surface area contributed by atoms with Gasteiger partial charge in [-0.15, -0.1) is 0 Å². The standard InChI is InChI=1S/C12H19NO/c1-4-13(11(3)14-5-2)12-9-7-6-8-10-12/h6-11H,4-5H2,1-3H3. The van der Waals surface area contributed by atoms with Crippen LogP contribution >= 0.6 is 0 Å². The number of para-hydroxylation sites is 1. The maximum Gasteiger partial charge on any atom is 0.127 e. The van der Waals surface area contributed by atoms with Crippen LogP contribution in [0.2, 0.25) is 0 Å². The Balaban J connectivity index is 2.71. The Bertz CT molecular complexity index is 248. The van der Waals surface area contributed by atoms with E-state index in [1.54, 1.807) is 0 Å². The third kappa shape index (κ3) is 2.74. The van der Waals surface area contributed by atoms with E-state index < -0.39 is 0 Å². The Kier molecular flexibility index (Phi) is 4.47. The van der Waals surface area contributed by atoms with Gasteiger partial charge >= 0.3 is 0 Å². The van der Waals surface area contributed by atoms with E-state index in [1.165, 1.54) is 5.69 Å². The lowest BCUT2D eigenvalue weighted by Gasteiger charge is -2.29. The summed E-state index contributed by atoms with van der Waals surface area (Å²) in [6, 6.07) is 10.4. The molecule has 0 bridgehead atoms. The van der Waals surface area contributed by atoms with Gasteiger partial charge in [-0.25, -0.2) is 0 Å². The van der Waals surface area contributed by atoms with E-state index >= 15 is 0 Å². The first kappa shape index (κ1) is 11.1. The van der Waals surface area contributed by atoms with Crippen molar-refractivity contribution in [2.24, 2.45) is 0 Å². The number of anilines is 1. The van der Waals surface area contributed by atoms with Gasteiger partial charge in [0.1, 0.15) is 6.23 Å². The maximum atomic E-state index is 5.58. The summed E-state index contributed by atoms with van der Waals surface area (Å²) >= 11 is 0. The number of benzene rings is 1. The molecule has 0 saturated heterocycles. The summed E-state index contributed by atoms with van der Waals surface area (Å²) in [4.78, 5) is 2.24. The summed E-state index contributed by atoms with van der Waals surface area (Å²) in [5.74, 6) is 0. The first-order chi connectivity index (χ1) is 6.79. The van der Waals surface area contributed by atoms with E-state index in [-0.39, 0.29) is 6.23 Å². The molecule has 1 atom stereocenters. The molecule has 14 heavy (non-hydrogen) atoms. The second-order valence-electron chi connectivity index (χ2n) is 3.18. The van der Waals surface area contributed by atoms with Crippen LogP contribution < -0.4 is 4.90 Å². The van der Waals surface area contributed by atoms with E-state index in [4.69, 9.17) is 4.74 Å². The van der Waals surface area contributed by atoms with Gasteiger partial charge in [0.2, 0.25) is 0 Å². The van der Waals surface area contributed by atoms with Gasteiger partial charge in [0.25, 0.3) is 0 Å². The van der Waals surface area contributed by atoms with Crippen molar-refractivity contribution in [3.05, 3.63) is 30.3 Å². The number of ether oxygens (including phenoxy) is 1. The summed E-state index contributed by atoms with van der Waals surface area (Å²) in [5, 5.41) is 0. The van der Waals surface area contributed by atoms with Crippen LogP contribution in [-0.2, 0) is 4.74 Å². The molecule has 0 aliphatic rings. The molecular weight excluding hydrogens is 174 g/mol. The van der Waals surface area contributed by atoms with Crippen molar-refractivity contribution in [2.75, 3.05) is 18.1 Å². The van der Waals surface area contributed by atoms with Crippen LogP contribution in [0.5, 0.6) is 0 Å². The average Bonchev–Trinajstić information content (AvgIpc) is 2.21. The van der Waals surface area contributed by atoms with Gasteiger partial charge in [0.05, 0.1) is 0 Å². The Morgan fingerprint density at radius 2 is 1.86 bits per heavy atom. The summed E-state index contributed by atoms with van der Waals surface area (Å²) in [5.41, 5.74) is 1.22. The zero-order valence-electron chi connectivity index (χ0n) is 9.23. The fraction of sp³-hybridized carbons (Fsp3) is 0.500. The lowest BCUT2D eigenvalue weighted by molar-refractivity contribution is 0.0742. The molecule has 0 fully saturated rings. The van der Waals surface area contributed by atoms with Crippen molar-refractivity contribution in [2.45, 2.75) is 27.0 Å². The highest BCUT2D eigenvalue weighted by Crippen LogP contribution is 2.16. The molecule has 1 rings (SSSR count). The van der Waals surface area contributed by atoms with Crippen LogP contribution in [-0.4, -0.2) is 19.4 Å². The molecule has 1 aromatic carbocycles. The minimum Gasteiger partial charge on any atom is -0.359 e. The van der Waals surface area contributed by atoms with Crippen LogP contribution in [0.25, 0.3) is 0 Å². The monoisotopic (exact) mass is 193 g/mol. The zero-order valence-corrected chi connectivity index (χ0v) is 9.23. The Labute approximate surface area is 86.5 Å². The quantitative estimate of drug-likeness (QED) is 0.667. The lowest BCUT2D eigenvalue weighted by Crippen LogP contribution is -2.34. The first-order valence-electron chi connectivity index (χ1n) is 5.22. The van der Waals surface area contributed by atoms with Crippen LogP contribution in [0.1, 0.15) is 20.8 Å². The Morgan fingerprint density at radius 3 is 2.36 bits per heavy atom. The van der Waals surface area contributed by atoms with Gasteiger partial charge < -0.3 is 9.64 Å². The third-order valence-corrected chi connectivity index (χ3v) is 2.28. The topological polar surface area (TPSA) is 12.5 Å². The molecule has 0 heterocycles. The van der Waals surface area contributed by atoms with Crippen LogP contribution in [0.4, 0.5) is 5.69 Å². The molecule has 0 spiro atoms. The molecule has 1 aromatic rings. The molecule has 0 N–H and O–H groups in total.